The van der Waals surface area contributed by atoms with Gasteiger partial charge in [0.05, 0.1) is 0 Å². The standard InChI is InChI=1S/C11H14BrNO3/c12-9-4-2-1-3-8(9)7-16-11(15)10(14)5-6-13/h1-4,10,14H,5-7,13H2/t10-/m0/s1. The number of hydrogen-bond acceptors (Lipinski definition) is 4. The molecule has 5 heteroatoms. The highest BCUT2D eigenvalue weighted by Crippen LogP contribution is 2.16. The van der Waals surface area contributed by atoms with Crippen LogP contribution in [0.5, 0.6) is 0 Å². The summed E-state index contributed by atoms with van der Waals surface area (Å²) in [5.74, 6) is -0.638. The van der Waals surface area contributed by atoms with E-state index in [0.717, 1.165) is 10.0 Å². The van der Waals surface area contributed by atoms with Gasteiger partial charge in [-0.15, -0.1) is 0 Å². The molecule has 0 amide bonds. The maximum absolute atomic E-state index is 11.3. The van der Waals surface area contributed by atoms with E-state index >= 15 is 0 Å². The average Bonchev–Trinajstić information content (AvgIpc) is 2.28. The van der Waals surface area contributed by atoms with E-state index in [1.54, 1.807) is 0 Å². The number of esters is 1. The minimum atomic E-state index is -1.13. The first-order valence-electron chi connectivity index (χ1n) is 4.93. The topological polar surface area (TPSA) is 72.5 Å². The van der Waals surface area contributed by atoms with Crippen molar-refractivity contribution < 1.29 is 14.6 Å². The summed E-state index contributed by atoms with van der Waals surface area (Å²) in [4.78, 5) is 11.3. The second-order valence-corrected chi connectivity index (χ2v) is 4.15. The third kappa shape index (κ3) is 3.92. The molecule has 0 saturated heterocycles. The first kappa shape index (κ1) is 13.2. The number of aliphatic hydroxyl groups excluding tert-OH is 1. The quantitative estimate of drug-likeness (QED) is 0.799. The Bertz CT molecular complexity index is 357. The summed E-state index contributed by atoms with van der Waals surface area (Å²) in [6.45, 7) is 0.396. The van der Waals surface area contributed by atoms with Crippen LogP contribution in [0.2, 0.25) is 0 Å². The molecule has 16 heavy (non-hydrogen) atoms. The van der Waals surface area contributed by atoms with E-state index in [-0.39, 0.29) is 19.6 Å². The zero-order valence-corrected chi connectivity index (χ0v) is 10.3. The van der Waals surface area contributed by atoms with Crippen molar-refractivity contribution in [2.24, 2.45) is 5.73 Å². The van der Waals surface area contributed by atoms with Crippen LogP contribution in [0.3, 0.4) is 0 Å². The summed E-state index contributed by atoms with van der Waals surface area (Å²) < 4.78 is 5.82. The Hall–Kier alpha value is -0.910. The zero-order valence-electron chi connectivity index (χ0n) is 8.73. The van der Waals surface area contributed by atoms with Gasteiger partial charge in [0, 0.05) is 10.0 Å². The fraction of sp³-hybridized carbons (Fsp3) is 0.364. The molecule has 0 bridgehead atoms. The summed E-state index contributed by atoms with van der Waals surface area (Å²) in [5.41, 5.74) is 6.08. The van der Waals surface area contributed by atoms with E-state index in [9.17, 15) is 9.90 Å². The van der Waals surface area contributed by atoms with Crippen molar-refractivity contribution in [1.82, 2.24) is 0 Å². The molecule has 4 nitrogen and oxygen atoms in total. The molecule has 88 valence electrons. The predicted octanol–water partition coefficient (Wildman–Crippen LogP) is 1.20. The predicted molar refractivity (Wildman–Crippen MR) is 63.6 cm³/mol. The average molecular weight is 288 g/mol. The van der Waals surface area contributed by atoms with Crippen molar-refractivity contribution in [3.8, 4) is 0 Å². The fourth-order valence-corrected chi connectivity index (χ4v) is 1.54. The molecule has 0 aromatic heterocycles. The highest BCUT2D eigenvalue weighted by atomic mass is 79.9. The maximum atomic E-state index is 11.3. The minimum Gasteiger partial charge on any atom is -0.459 e. The van der Waals surface area contributed by atoms with Crippen LogP contribution in [-0.4, -0.2) is 23.7 Å². The Labute approximate surface area is 103 Å². The van der Waals surface area contributed by atoms with Gasteiger partial charge in [-0.25, -0.2) is 4.79 Å². The van der Waals surface area contributed by atoms with Gasteiger partial charge in [-0.2, -0.15) is 0 Å². The summed E-state index contributed by atoms with van der Waals surface area (Å²) in [7, 11) is 0. The Morgan fingerprint density at radius 2 is 2.19 bits per heavy atom. The number of ether oxygens (including phenoxy) is 1. The first-order chi connectivity index (χ1) is 7.65. The highest BCUT2D eigenvalue weighted by Gasteiger charge is 2.15. The molecular formula is C11H14BrNO3. The van der Waals surface area contributed by atoms with Gasteiger partial charge in [0.15, 0.2) is 6.10 Å². The van der Waals surface area contributed by atoms with Gasteiger partial charge >= 0.3 is 5.97 Å². The lowest BCUT2D eigenvalue weighted by atomic mass is 10.2. The number of benzene rings is 1. The molecular weight excluding hydrogens is 274 g/mol. The van der Waals surface area contributed by atoms with Gasteiger partial charge in [-0.05, 0) is 19.0 Å². The molecule has 0 aliphatic heterocycles. The third-order valence-electron chi connectivity index (χ3n) is 2.04. The van der Waals surface area contributed by atoms with Crippen molar-refractivity contribution >= 4 is 21.9 Å². The van der Waals surface area contributed by atoms with E-state index in [1.165, 1.54) is 0 Å². The molecule has 0 unspecified atom stereocenters. The summed E-state index contributed by atoms with van der Waals surface area (Å²) in [6.07, 6.45) is -0.915. The van der Waals surface area contributed by atoms with Gasteiger partial charge in [-0.3, -0.25) is 0 Å². The Morgan fingerprint density at radius 3 is 2.81 bits per heavy atom. The molecule has 0 spiro atoms. The van der Waals surface area contributed by atoms with E-state index in [1.807, 2.05) is 24.3 Å². The molecule has 3 N–H and O–H groups in total. The summed E-state index contributed by atoms with van der Waals surface area (Å²) >= 11 is 3.34. The number of hydrogen-bond donors (Lipinski definition) is 2. The van der Waals surface area contributed by atoms with E-state index in [2.05, 4.69) is 15.9 Å². The second kappa shape index (κ2) is 6.62. The molecule has 0 aliphatic carbocycles. The largest absolute Gasteiger partial charge is 0.459 e. The van der Waals surface area contributed by atoms with E-state index in [0.29, 0.717) is 0 Å². The van der Waals surface area contributed by atoms with Crippen LogP contribution in [0.25, 0.3) is 0 Å². The Balaban J connectivity index is 2.46. The molecule has 1 rings (SSSR count). The first-order valence-corrected chi connectivity index (χ1v) is 5.72. The number of nitrogens with two attached hydrogens (primary N) is 1. The Kier molecular flexibility index (Phi) is 5.45. The number of carbonyl (C=O) groups excluding carboxylic acids is 1. The van der Waals surface area contributed by atoms with Gasteiger partial charge in [0.1, 0.15) is 6.61 Å². The maximum Gasteiger partial charge on any atom is 0.335 e. The van der Waals surface area contributed by atoms with E-state index in [4.69, 9.17) is 10.5 Å². The number of rotatable bonds is 5. The van der Waals surface area contributed by atoms with Crippen LogP contribution < -0.4 is 5.73 Å². The fourth-order valence-electron chi connectivity index (χ4n) is 1.14. The molecule has 0 radical (unpaired) electrons. The lowest BCUT2D eigenvalue weighted by molar-refractivity contribution is -0.155. The van der Waals surface area contributed by atoms with Crippen molar-refractivity contribution in [1.29, 1.82) is 0 Å². The summed E-state index contributed by atoms with van der Waals surface area (Å²) in [5, 5.41) is 9.30. The van der Waals surface area contributed by atoms with Gasteiger partial charge in [0.25, 0.3) is 0 Å². The molecule has 1 aromatic rings. The summed E-state index contributed by atoms with van der Waals surface area (Å²) in [6, 6.07) is 7.43. The highest BCUT2D eigenvalue weighted by molar-refractivity contribution is 9.10. The van der Waals surface area contributed by atoms with Crippen molar-refractivity contribution in [3.63, 3.8) is 0 Å². The molecule has 1 aromatic carbocycles. The van der Waals surface area contributed by atoms with Crippen LogP contribution >= 0.6 is 15.9 Å². The molecule has 1 atom stereocenters. The van der Waals surface area contributed by atoms with E-state index < -0.39 is 12.1 Å². The lowest BCUT2D eigenvalue weighted by Gasteiger charge is -2.10. The van der Waals surface area contributed by atoms with Gasteiger partial charge < -0.3 is 15.6 Å². The van der Waals surface area contributed by atoms with Crippen molar-refractivity contribution in [2.75, 3.05) is 6.54 Å². The van der Waals surface area contributed by atoms with Crippen molar-refractivity contribution in [3.05, 3.63) is 34.3 Å². The van der Waals surface area contributed by atoms with Crippen LogP contribution in [0.1, 0.15) is 12.0 Å². The van der Waals surface area contributed by atoms with Gasteiger partial charge in [-0.1, -0.05) is 34.1 Å². The number of aliphatic hydroxyl groups is 1. The number of halogens is 1. The van der Waals surface area contributed by atoms with Crippen LogP contribution in [0.15, 0.2) is 28.7 Å². The lowest BCUT2D eigenvalue weighted by Crippen LogP contribution is -2.25. The second-order valence-electron chi connectivity index (χ2n) is 3.29. The smallest absolute Gasteiger partial charge is 0.335 e. The minimum absolute atomic E-state index is 0.141. The zero-order chi connectivity index (χ0) is 12.0. The van der Waals surface area contributed by atoms with Gasteiger partial charge in [0.2, 0.25) is 0 Å². The monoisotopic (exact) mass is 287 g/mol. The molecule has 0 fully saturated rings. The molecule has 0 aliphatic rings. The third-order valence-corrected chi connectivity index (χ3v) is 2.81. The van der Waals surface area contributed by atoms with Crippen molar-refractivity contribution in [2.45, 2.75) is 19.1 Å². The number of carbonyl (C=O) groups is 1. The normalized spacial score (nSPS) is 12.2. The van der Waals surface area contributed by atoms with Crippen LogP contribution in [0, 0.1) is 0 Å². The SMILES string of the molecule is NCC[C@H](O)C(=O)OCc1ccccc1Br. The molecule has 0 saturated carbocycles. The Morgan fingerprint density at radius 1 is 1.50 bits per heavy atom. The van der Waals surface area contributed by atoms with Crippen LogP contribution in [-0.2, 0) is 16.1 Å². The molecule has 0 heterocycles. The van der Waals surface area contributed by atoms with Crippen LogP contribution in [0.4, 0.5) is 0 Å².